The fraction of sp³-hybridized carbons (Fsp3) is 0.444. The number of hydrogen-bond donors (Lipinski definition) is 2. The van der Waals surface area contributed by atoms with Gasteiger partial charge in [-0.15, -0.1) is 0 Å². The third kappa shape index (κ3) is 2.16. The van der Waals surface area contributed by atoms with Gasteiger partial charge in [-0.25, -0.2) is 8.42 Å². The summed E-state index contributed by atoms with van der Waals surface area (Å²) in [4.78, 5) is 13.4. The van der Waals surface area contributed by atoms with Crippen LogP contribution in [0.2, 0.25) is 0 Å². The minimum absolute atomic E-state index is 0.133. The van der Waals surface area contributed by atoms with Gasteiger partial charge in [0.25, 0.3) is 0 Å². The van der Waals surface area contributed by atoms with Crippen LogP contribution < -0.4 is 10.9 Å². The first kappa shape index (κ1) is 11.3. The van der Waals surface area contributed by atoms with Crippen LogP contribution in [0.25, 0.3) is 0 Å². The lowest BCUT2D eigenvalue weighted by Crippen LogP contribution is -2.46. The molecule has 0 saturated carbocycles. The Balaban J connectivity index is 2.30. The Morgan fingerprint density at radius 3 is 2.44 bits per heavy atom. The largest absolute Gasteiger partial charge is 0.328 e. The lowest BCUT2D eigenvalue weighted by Gasteiger charge is -2.26. The minimum atomic E-state index is -3.46. The Bertz CT molecular complexity index is 497. The normalized spacial score (nSPS) is 18.5. The van der Waals surface area contributed by atoms with E-state index in [4.69, 9.17) is 0 Å². The number of sulfonamides is 1. The molecule has 7 heteroatoms. The first-order chi connectivity index (χ1) is 7.60. The maximum atomic E-state index is 12.1. The summed E-state index contributed by atoms with van der Waals surface area (Å²) in [5.41, 5.74) is -0.306. The summed E-state index contributed by atoms with van der Waals surface area (Å²) in [6.45, 7) is 2.23. The van der Waals surface area contributed by atoms with E-state index in [0.717, 1.165) is 0 Å². The molecule has 2 rings (SSSR count). The van der Waals surface area contributed by atoms with Crippen LogP contribution in [0.15, 0.2) is 28.0 Å². The molecule has 2 N–H and O–H groups in total. The van der Waals surface area contributed by atoms with E-state index in [1.165, 1.54) is 22.6 Å². The maximum Gasteiger partial charge on any atom is 0.247 e. The van der Waals surface area contributed by atoms with E-state index in [1.807, 2.05) is 0 Å². The van der Waals surface area contributed by atoms with Gasteiger partial charge < -0.3 is 10.3 Å². The average molecular weight is 243 g/mol. The molecule has 0 aromatic carbocycles. The molecular weight excluding hydrogens is 230 g/mol. The van der Waals surface area contributed by atoms with Crippen LogP contribution in [0, 0.1) is 0 Å². The third-order valence-electron chi connectivity index (χ3n) is 2.47. The second-order valence-corrected chi connectivity index (χ2v) is 5.48. The van der Waals surface area contributed by atoms with Crippen LogP contribution >= 0.6 is 0 Å². The zero-order valence-corrected chi connectivity index (χ0v) is 9.46. The van der Waals surface area contributed by atoms with Gasteiger partial charge in [0, 0.05) is 38.4 Å². The molecule has 1 fully saturated rings. The molecule has 1 saturated heterocycles. The van der Waals surface area contributed by atoms with Crippen molar-refractivity contribution in [3.05, 3.63) is 28.7 Å². The predicted molar refractivity (Wildman–Crippen MR) is 58.7 cm³/mol. The number of aromatic amines is 1. The Labute approximate surface area is 93.3 Å². The second kappa shape index (κ2) is 4.36. The van der Waals surface area contributed by atoms with Crippen molar-refractivity contribution >= 4 is 10.0 Å². The van der Waals surface area contributed by atoms with Crippen molar-refractivity contribution in [1.29, 1.82) is 0 Å². The van der Waals surface area contributed by atoms with Gasteiger partial charge in [0.15, 0.2) is 0 Å². The van der Waals surface area contributed by atoms with Gasteiger partial charge in [0.2, 0.25) is 15.6 Å². The van der Waals surface area contributed by atoms with Gasteiger partial charge in [-0.3, -0.25) is 4.79 Å². The van der Waals surface area contributed by atoms with E-state index in [0.29, 0.717) is 26.2 Å². The van der Waals surface area contributed by atoms with E-state index >= 15 is 0 Å². The predicted octanol–water partition coefficient (Wildman–Crippen LogP) is -1.03. The van der Waals surface area contributed by atoms with Gasteiger partial charge in [0.1, 0.15) is 0 Å². The number of aromatic nitrogens is 1. The number of nitrogens with one attached hydrogen (secondary N) is 2. The molecule has 0 amide bonds. The van der Waals surface area contributed by atoms with Gasteiger partial charge in [-0.2, -0.15) is 4.31 Å². The number of rotatable bonds is 2. The highest BCUT2D eigenvalue weighted by atomic mass is 32.2. The average Bonchev–Trinajstić information content (AvgIpc) is 2.31. The molecule has 1 aromatic heterocycles. The SMILES string of the molecule is O=c1ccc(S(=O)(=O)N2CCNCC2)c[nH]1. The molecule has 1 aromatic rings. The molecule has 88 valence electrons. The van der Waals surface area contributed by atoms with Crippen LogP contribution in [0.3, 0.4) is 0 Å². The van der Waals surface area contributed by atoms with E-state index in [2.05, 4.69) is 10.3 Å². The van der Waals surface area contributed by atoms with E-state index in [1.54, 1.807) is 0 Å². The molecule has 1 aliphatic rings. The minimum Gasteiger partial charge on any atom is -0.328 e. The Kier molecular flexibility index (Phi) is 3.08. The first-order valence-corrected chi connectivity index (χ1v) is 6.44. The Hall–Kier alpha value is -1.18. The van der Waals surface area contributed by atoms with Crippen molar-refractivity contribution in [2.45, 2.75) is 4.90 Å². The van der Waals surface area contributed by atoms with Crippen molar-refractivity contribution in [2.24, 2.45) is 0 Å². The molecule has 6 nitrogen and oxygen atoms in total. The molecule has 0 aliphatic carbocycles. The smallest absolute Gasteiger partial charge is 0.247 e. The first-order valence-electron chi connectivity index (χ1n) is 5.00. The number of piperazine rings is 1. The van der Waals surface area contributed by atoms with Crippen LogP contribution in [0.4, 0.5) is 0 Å². The van der Waals surface area contributed by atoms with Crippen LogP contribution in [-0.2, 0) is 10.0 Å². The summed E-state index contributed by atoms with van der Waals surface area (Å²) in [6.07, 6.45) is 1.24. The summed E-state index contributed by atoms with van der Waals surface area (Å²) in [5.74, 6) is 0. The van der Waals surface area contributed by atoms with E-state index in [-0.39, 0.29) is 10.5 Å². The summed E-state index contributed by atoms with van der Waals surface area (Å²) in [6, 6.07) is 2.55. The number of hydrogen-bond acceptors (Lipinski definition) is 4. The molecule has 0 radical (unpaired) electrons. The maximum absolute atomic E-state index is 12.1. The highest BCUT2D eigenvalue weighted by Crippen LogP contribution is 2.13. The Morgan fingerprint density at radius 1 is 1.19 bits per heavy atom. The van der Waals surface area contributed by atoms with Crippen LogP contribution in [-0.4, -0.2) is 43.9 Å². The second-order valence-electron chi connectivity index (χ2n) is 3.54. The van der Waals surface area contributed by atoms with Crippen LogP contribution in [0.1, 0.15) is 0 Å². The van der Waals surface area contributed by atoms with Crippen molar-refractivity contribution in [3.8, 4) is 0 Å². The lowest BCUT2D eigenvalue weighted by molar-refractivity contribution is 0.360. The molecular formula is C9H13N3O3S. The number of pyridine rings is 1. The molecule has 0 spiro atoms. The zero-order valence-electron chi connectivity index (χ0n) is 8.64. The van der Waals surface area contributed by atoms with Gasteiger partial charge in [-0.1, -0.05) is 0 Å². The lowest BCUT2D eigenvalue weighted by atomic mass is 10.4. The summed E-state index contributed by atoms with van der Waals surface area (Å²) in [7, 11) is -3.46. The van der Waals surface area contributed by atoms with Crippen molar-refractivity contribution in [1.82, 2.24) is 14.6 Å². The topological polar surface area (TPSA) is 82.3 Å². The monoisotopic (exact) mass is 243 g/mol. The van der Waals surface area contributed by atoms with Crippen molar-refractivity contribution < 1.29 is 8.42 Å². The molecule has 16 heavy (non-hydrogen) atoms. The number of H-pyrrole nitrogens is 1. The summed E-state index contributed by atoms with van der Waals surface area (Å²) >= 11 is 0. The van der Waals surface area contributed by atoms with E-state index in [9.17, 15) is 13.2 Å². The fourth-order valence-corrected chi connectivity index (χ4v) is 3.00. The molecule has 0 bridgehead atoms. The highest BCUT2D eigenvalue weighted by molar-refractivity contribution is 7.89. The third-order valence-corrected chi connectivity index (χ3v) is 4.36. The quantitative estimate of drug-likeness (QED) is 0.696. The van der Waals surface area contributed by atoms with Gasteiger partial charge in [-0.05, 0) is 6.07 Å². The zero-order chi connectivity index (χ0) is 11.6. The summed E-state index contributed by atoms with van der Waals surface area (Å²) in [5, 5.41) is 3.08. The fourth-order valence-electron chi connectivity index (χ4n) is 1.59. The molecule has 0 unspecified atom stereocenters. The van der Waals surface area contributed by atoms with Gasteiger partial charge >= 0.3 is 0 Å². The molecule has 1 aliphatic heterocycles. The van der Waals surface area contributed by atoms with Crippen LogP contribution in [0.5, 0.6) is 0 Å². The van der Waals surface area contributed by atoms with Gasteiger partial charge in [0.05, 0.1) is 4.90 Å². The van der Waals surface area contributed by atoms with E-state index < -0.39 is 10.0 Å². The highest BCUT2D eigenvalue weighted by Gasteiger charge is 2.25. The Morgan fingerprint density at radius 2 is 1.88 bits per heavy atom. The summed E-state index contributed by atoms with van der Waals surface area (Å²) < 4.78 is 25.6. The number of nitrogens with zero attached hydrogens (tertiary/aromatic N) is 1. The van der Waals surface area contributed by atoms with Crippen molar-refractivity contribution in [2.75, 3.05) is 26.2 Å². The molecule has 0 atom stereocenters. The molecule has 2 heterocycles. The van der Waals surface area contributed by atoms with Crippen molar-refractivity contribution in [3.63, 3.8) is 0 Å². The standard InChI is InChI=1S/C9H13N3O3S/c13-9-2-1-8(7-11-9)16(14,15)12-5-3-10-4-6-12/h1-2,7,10H,3-6H2,(H,11,13).